The number of pyridine rings is 1. The minimum Gasteiger partial charge on any atom is -0.508 e. The predicted molar refractivity (Wildman–Crippen MR) is 96.0 cm³/mol. The molecule has 1 aliphatic rings. The molecule has 4 heteroatoms. The van der Waals surface area contributed by atoms with Gasteiger partial charge in [-0.05, 0) is 46.5 Å². The van der Waals surface area contributed by atoms with E-state index in [0.29, 0.717) is 6.54 Å². The second kappa shape index (κ2) is 6.67. The maximum Gasteiger partial charge on any atom is 0.115 e. The summed E-state index contributed by atoms with van der Waals surface area (Å²) in [5.41, 5.74) is 4.16. The molecule has 0 radical (unpaired) electrons. The summed E-state index contributed by atoms with van der Waals surface area (Å²) >= 11 is 0. The molecule has 4 nitrogen and oxygen atoms in total. The number of aliphatic hydroxyl groups is 1. The van der Waals surface area contributed by atoms with Crippen molar-refractivity contribution in [1.29, 1.82) is 0 Å². The van der Waals surface area contributed by atoms with Crippen LogP contribution >= 0.6 is 0 Å². The number of benzene rings is 2. The molecule has 2 heterocycles. The predicted octanol–water partition coefficient (Wildman–Crippen LogP) is 3.43. The highest BCUT2D eigenvalue weighted by Crippen LogP contribution is 2.40. The molecule has 0 saturated carbocycles. The van der Waals surface area contributed by atoms with E-state index in [1.165, 1.54) is 5.56 Å². The fraction of sp³-hybridized carbons (Fsp3) is 0.190. The van der Waals surface area contributed by atoms with E-state index in [4.69, 9.17) is 0 Å². The number of nitrogens with zero attached hydrogens (tertiary/aromatic N) is 2. The normalized spacial score (nSPS) is 20.2. The molecule has 0 bridgehead atoms. The lowest BCUT2D eigenvalue weighted by Crippen LogP contribution is -2.38. The van der Waals surface area contributed by atoms with Gasteiger partial charge in [0.05, 0.1) is 12.1 Å². The van der Waals surface area contributed by atoms with Crippen molar-refractivity contribution in [1.82, 2.24) is 9.88 Å². The molecule has 2 unspecified atom stereocenters. The SMILES string of the molecule is Oc1ccc2c(c1)C(O)CN(Cc1ccccc1)C2c1ccncc1. The quantitative estimate of drug-likeness (QED) is 0.771. The van der Waals surface area contributed by atoms with Crippen molar-refractivity contribution in [2.75, 3.05) is 6.54 Å². The van der Waals surface area contributed by atoms with Crippen LogP contribution in [0.4, 0.5) is 0 Å². The van der Waals surface area contributed by atoms with Crippen molar-refractivity contribution >= 4 is 0 Å². The first-order valence-corrected chi connectivity index (χ1v) is 8.41. The van der Waals surface area contributed by atoms with Crippen LogP contribution in [0.1, 0.15) is 34.4 Å². The average molecular weight is 332 g/mol. The number of phenols is 1. The van der Waals surface area contributed by atoms with E-state index in [2.05, 4.69) is 22.0 Å². The van der Waals surface area contributed by atoms with Gasteiger partial charge in [0.15, 0.2) is 0 Å². The van der Waals surface area contributed by atoms with Crippen LogP contribution in [0, 0.1) is 0 Å². The van der Waals surface area contributed by atoms with Crippen molar-refractivity contribution in [2.24, 2.45) is 0 Å². The summed E-state index contributed by atoms with van der Waals surface area (Å²) in [6.45, 7) is 1.25. The van der Waals surface area contributed by atoms with Gasteiger partial charge >= 0.3 is 0 Å². The number of β-amino-alcohol motifs (C(OH)–C–C–N with tert-alkyl or cyclic N) is 1. The third-order valence-corrected chi connectivity index (χ3v) is 4.75. The van der Waals surface area contributed by atoms with Gasteiger partial charge in [0.2, 0.25) is 0 Å². The van der Waals surface area contributed by atoms with Crippen LogP contribution < -0.4 is 0 Å². The first-order valence-electron chi connectivity index (χ1n) is 8.41. The van der Waals surface area contributed by atoms with E-state index in [9.17, 15) is 10.2 Å². The van der Waals surface area contributed by atoms with E-state index in [1.54, 1.807) is 24.5 Å². The minimum atomic E-state index is -0.621. The first-order chi connectivity index (χ1) is 12.2. The van der Waals surface area contributed by atoms with E-state index in [0.717, 1.165) is 23.2 Å². The number of fused-ring (bicyclic) bond motifs is 1. The topological polar surface area (TPSA) is 56.6 Å². The summed E-state index contributed by atoms with van der Waals surface area (Å²) in [5.74, 6) is 0.183. The minimum absolute atomic E-state index is 0.0159. The van der Waals surface area contributed by atoms with Crippen molar-refractivity contribution < 1.29 is 10.2 Å². The summed E-state index contributed by atoms with van der Waals surface area (Å²) in [5, 5.41) is 20.5. The van der Waals surface area contributed by atoms with Crippen molar-refractivity contribution in [3.63, 3.8) is 0 Å². The molecule has 1 aliphatic heterocycles. The molecule has 126 valence electrons. The van der Waals surface area contributed by atoms with E-state index in [-0.39, 0.29) is 11.8 Å². The van der Waals surface area contributed by atoms with Crippen molar-refractivity contribution in [2.45, 2.75) is 18.7 Å². The fourth-order valence-electron chi connectivity index (χ4n) is 3.63. The number of aromatic hydroxyl groups is 1. The van der Waals surface area contributed by atoms with E-state index >= 15 is 0 Å². The Bertz CT molecular complexity index is 852. The number of hydrogen-bond donors (Lipinski definition) is 2. The van der Waals surface area contributed by atoms with E-state index in [1.807, 2.05) is 36.4 Å². The van der Waals surface area contributed by atoms with Crippen LogP contribution in [0.3, 0.4) is 0 Å². The van der Waals surface area contributed by atoms with Gasteiger partial charge in [0, 0.05) is 25.5 Å². The van der Waals surface area contributed by atoms with Gasteiger partial charge < -0.3 is 10.2 Å². The molecule has 3 aromatic rings. The highest BCUT2D eigenvalue weighted by atomic mass is 16.3. The number of aromatic nitrogens is 1. The molecule has 0 spiro atoms. The Morgan fingerprint density at radius 2 is 1.72 bits per heavy atom. The zero-order chi connectivity index (χ0) is 17.2. The Kier molecular flexibility index (Phi) is 4.22. The van der Waals surface area contributed by atoms with Crippen LogP contribution in [0.15, 0.2) is 73.1 Å². The monoisotopic (exact) mass is 332 g/mol. The van der Waals surface area contributed by atoms with Crippen LogP contribution in [0.5, 0.6) is 5.75 Å². The Morgan fingerprint density at radius 3 is 2.48 bits per heavy atom. The molecule has 2 N–H and O–H groups in total. The molecule has 2 atom stereocenters. The van der Waals surface area contributed by atoms with Crippen molar-refractivity contribution in [3.05, 3.63) is 95.3 Å². The third kappa shape index (κ3) is 3.14. The van der Waals surface area contributed by atoms with E-state index < -0.39 is 6.10 Å². The van der Waals surface area contributed by atoms with Crippen LogP contribution in [-0.2, 0) is 6.54 Å². The average Bonchev–Trinajstić information content (AvgIpc) is 2.64. The third-order valence-electron chi connectivity index (χ3n) is 4.75. The van der Waals surface area contributed by atoms with Crippen LogP contribution in [-0.4, -0.2) is 26.6 Å². The van der Waals surface area contributed by atoms with Gasteiger partial charge in [-0.2, -0.15) is 0 Å². The number of rotatable bonds is 3. The maximum absolute atomic E-state index is 10.6. The second-order valence-corrected chi connectivity index (χ2v) is 6.43. The molecule has 0 amide bonds. The lowest BCUT2D eigenvalue weighted by atomic mass is 9.86. The van der Waals surface area contributed by atoms with Gasteiger partial charge in [-0.1, -0.05) is 36.4 Å². The lowest BCUT2D eigenvalue weighted by molar-refractivity contribution is 0.0726. The van der Waals surface area contributed by atoms with Gasteiger partial charge in [0.1, 0.15) is 5.75 Å². The molecular weight excluding hydrogens is 312 g/mol. The molecule has 1 aromatic heterocycles. The summed E-state index contributed by atoms with van der Waals surface area (Å²) in [7, 11) is 0. The molecule has 0 saturated heterocycles. The molecular formula is C21H20N2O2. The highest BCUT2D eigenvalue weighted by Gasteiger charge is 2.33. The summed E-state index contributed by atoms with van der Waals surface area (Å²) in [6.07, 6.45) is 2.96. The Hall–Kier alpha value is -2.69. The van der Waals surface area contributed by atoms with Gasteiger partial charge in [-0.15, -0.1) is 0 Å². The van der Waals surface area contributed by atoms with Gasteiger partial charge in [-0.3, -0.25) is 9.88 Å². The largest absolute Gasteiger partial charge is 0.508 e. The highest BCUT2D eigenvalue weighted by molar-refractivity contribution is 5.44. The standard InChI is InChI=1S/C21H20N2O2/c24-17-6-7-18-19(12-17)20(25)14-23(13-15-4-2-1-3-5-15)21(18)16-8-10-22-11-9-16/h1-12,20-21,24-25H,13-14H2. The summed E-state index contributed by atoms with van der Waals surface area (Å²) < 4.78 is 0. The Balaban J connectivity index is 1.79. The maximum atomic E-state index is 10.6. The summed E-state index contributed by atoms with van der Waals surface area (Å²) in [6, 6.07) is 19.6. The van der Waals surface area contributed by atoms with Crippen molar-refractivity contribution in [3.8, 4) is 5.75 Å². The van der Waals surface area contributed by atoms with Crippen LogP contribution in [0.25, 0.3) is 0 Å². The van der Waals surface area contributed by atoms with Crippen LogP contribution in [0.2, 0.25) is 0 Å². The molecule has 0 aliphatic carbocycles. The Morgan fingerprint density at radius 1 is 0.960 bits per heavy atom. The number of phenolic OH excluding ortho intramolecular Hbond substituents is 1. The van der Waals surface area contributed by atoms with Gasteiger partial charge in [-0.25, -0.2) is 0 Å². The zero-order valence-electron chi connectivity index (χ0n) is 13.8. The fourth-order valence-corrected chi connectivity index (χ4v) is 3.63. The smallest absolute Gasteiger partial charge is 0.115 e. The molecule has 0 fully saturated rings. The zero-order valence-corrected chi connectivity index (χ0v) is 13.8. The lowest BCUT2D eigenvalue weighted by Gasteiger charge is -2.40. The van der Waals surface area contributed by atoms with Gasteiger partial charge in [0.25, 0.3) is 0 Å². The molecule has 2 aromatic carbocycles. The Labute approximate surface area is 147 Å². The number of aliphatic hydroxyl groups excluding tert-OH is 1. The number of hydrogen-bond acceptors (Lipinski definition) is 4. The molecule has 25 heavy (non-hydrogen) atoms. The summed E-state index contributed by atoms with van der Waals surface area (Å²) in [4.78, 5) is 6.40. The molecule has 4 rings (SSSR count). The first kappa shape index (κ1) is 15.8. The second-order valence-electron chi connectivity index (χ2n) is 6.43.